The molecule has 2 rings (SSSR count). The molecule has 10 heavy (non-hydrogen) atoms. The highest BCUT2D eigenvalue weighted by Crippen LogP contribution is 2.20. The van der Waals surface area contributed by atoms with Crippen molar-refractivity contribution in [2.45, 2.75) is 19.4 Å². The molecular weight excluding hydrogens is 126 g/mol. The van der Waals surface area contributed by atoms with E-state index in [1.165, 1.54) is 6.42 Å². The second-order valence-electron chi connectivity index (χ2n) is 2.77. The quantitative estimate of drug-likeness (QED) is 0.599. The minimum atomic E-state index is 0.518. The molecule has 0 saturated carbocycles. The molecule has 0 bridgehead atoms. The lowest BCUT2D eigenvalue weighted by atomic mass is 10.0. The van der Waals surface area contributed by atoms with Gasteiger partial charge in [-0.2, -0.15) is 5.10 Å². The van der Waals surface area contributed by atoms with Crippen LogP contribution in [0.15, 0.2) is 6.07 Å². The van der Waals surface area contributed by atoms with Crippen LogP contribution >= 0.6 is 0 Å². The van der Waals surface area contributed by atoms with Crippen LogP contribution in [-0.2, 0) is 0 Å². The smallest absolute Gasteiger partial charge is 0.0794 e. The van der Waals surface area contributed by atoms with E-state index in [0.717, 1.165) is 17.9 Å². The molecule has 2 N–H and O–H groups in total. The van der Waals surface area contributed by atoms with Crippen molar-refractivity contribution in [1.29, 1.82) is 0 Å². The largest absolute Gasteiger partial charge is 0.308 e. The molecule has 0 radical (unpaired) electrons. The van der Waals surface area contributed by atoms with Gasteiger partial charge in [-0.25, -0.2) is 0 Å². The lowest BCUT2D eigenvalue weighted by molar-refractivity contribution is 0.375. The first-order valence-electron chi connectivity index (χ1n) is 3.61. The summed E-state index contributed by atoms with van der Waals surface area (Å²) in [5, 5.41) is 10.4. The van der Waals surface area contributed by atoms with Crippen LogP contribution in [0.2, 0.25) is 0 Å². The molecule has 0 aliphatic carbocycles. The summed E-state index contributed by atoms with van der Waals surface area (Å²) in [6.07, 6.45) is 1.23. The van der Waals surface area contributed by atoms with Crippen LogP contribution in [0.3, 0.4) is 0 Å². The van der Waals surface area contributed by atoms with Crippen molar-refractivity contribution < 1.29 is 0 Å². The standard InChI is InChI=1S/C7H11N3/c1-5-4-7(10-9-5)6-2-3-8-6/h4,6,8H,2-3H2,1H3,(H,9,10). The van der Waals surface area contributed by atoms with Gasteiger partial charge in [0.05, 0.1) is 11.7 Å². The van der Waals surface area contributed by atoms with E-state index in [9.17, 15) is 0 Å². The second kappa shape index (κ2) is 2.09. The fourth-order valence-corrected chi connectivity index (χ4v) is 1.16. The van der Waals surface area contributed by atoms with Gasteiger partial charge in [0, 0.05) is 5.69 Å². The van der Waals surface area contributed by atoms with Crippen LogP contribution in [0.5, 0.6) is 0 Å². The normalized spacial score (nSPS) is 24.3. The minimum Gasteiger partial charge on any atom is -0.308 e. The molecule has 1 aromatic heterocycles. The zero-order valence-corrected chi connectivity index (χ0v) is 6.02. The van der Waals surface area contributed by atoms with E-state index < -0.39 is 0 Å². The van der Waals surface area contributed by atoms with Gasteiger partial charge in [-0.3, -0.25) is 5.10 Å². The Morgan fingerprint density at radius 2 is 2.50 bits per heavy atom. The monoisotopic (exact) mass is 137 g/mol. The summed E-state index contributed by atoms with van der Waals surface area (Å²) in [6.45, 7) is 3.16. The molecule has 3 nitrogen and oxygen atoms in total. The molecular formula is C7H11N3. The molecule has 1 atom stereocenters. The number of nitrogens with zero attached hydrogens (tertiary/aromatic N) is 1. The molecule has 1 aromatic rings. The van der Waals surface area contributed by atoms with Crippen LogP contribution in [-0.4, -0.2) is 16.7 Å². The Balaban J connectivity index is 2.17. The first kappa shape index (κ1) is 5.92. The minimum absolute atomic E-state index is 0.518. The van der Waals surface area contributed by atoms with Gasteiger partial charge < -0.3 is 5.32 Å². The second-order valence-corrected chi connectivity index (χ2v) is 2.77. The van der Waals surface area contributed by atoms with Gasteiger partial charge in [0.15, 0.2) is 0 Å². The molecule has 3 heteroatoms. The fourth-order valence-electron chi connectivity index (χ4n) is 1.16. The van der Waals surface area contributed by atoms with Gasteiger partial charge in [-0.05, 0) is 26.0 Å². The molecule has 1 saturated heterocycles. The molecule has 0 aromatic carbocycles. The summed E-state index contributed by atoms with van der Waals surface area (Å²) >= 11 is 0. The lowest BCUT2D eigenvalue weighted by Crippen LogP contribution is -2.35. The maximum Gasteiger partial charge on any atom is 0.0794 e. The van der Waals surface area contributed by atoms with Crippen molar-refractivity contribution in [1.82, 2.24) is 15.5 Å². The van der Waals surface area contributed by atoms with Crippen molar-refractivity contribution in [3.63, 3.8) is 0 Å². The third-order valence-corrected chi connectivity index (χ3v) is 1.91. The van der Waals surface area contributed by atoms with Gasteiger partial charge in [-0.1, -0.05) is 0 Å². The maximum atomic E-state index is 4.15. The number of nitrogens with one attached hydrogen (secondary N) is 2. The molecule has 54 valence electrons. The number of hydrogen-bond donors (Lipinski definition) is 2. The molecule has 1 unspecified atom stereocenters. The molecule has 1 aliphatic rings. The maximum absolute atomic E-state index is 4.15. The molecule has 1 fully saturated rings. The SMILES string of the molecule is Cc1cc(C2CCN2)n[nH]1. The number of aromatic amines is 1. The predicted molar refractivity (Wildman–Crippen MR) is 38.7 cm³/mol. The summed E-state index contributed by atoms with van der Waals surface area (Å²) in [6, 6.07) is 2.61. The van der Waals surface area contributed by atoms with Crippen LogP contribution in [0.1, 0.15) is 23.9 Å². The Morgan fingerprint density at radius 3 is 2.90 bits per heavy atom. The first-order chi connectivity index (χ1) is 4.86. The number of hydrogen-bond acceptors (Lipinski definition) is 2. The van der Waals surface area contributed by atoms with Gasteiger partial charge in [0.2, 0.25) is 0 Å². The van der Waals surface area contributed by atoms with Crippen molar-refractivity contribution in [2.75, 3.05) is 6.54 Å². The number of aryl methyl sites for hydroxylation is 1. The average molecular weight is 137 g/mol. The van der Waals surface area contributed by atoms with E-state index in [-0.39, 0.29) is 0 Å². The van der Waals surface area contributed by atoms with Gasteiger partial charge in [0.25, 0.3) is 0 Å². The molecule has 0 spiro atoms. The predicted octanol–water partition coefficient (Wildman–Crippen LogP) is 0.753. The van der Waals surface area contributed by atoms with Crippen LogP contribution < -0.4 is 5.32 Å². The number of rotatable bonds is 1. The van der Waals surface area contributed by atoms with E-state index in [4.69, 9.17) is 0 Å². The van der Waals surface area contributed by atoms with Crippen LogP contribution in [0.4, 0.5) is 0 Å². The van der Waals surface area contributed by atoms with E-state index in [1.807, 2.05) is 6.92 Å². The summed E-state index contributed by atoms with van der Waals surface area (Å²) < 4.78 is 0. The average Bonchev–Trinajstić information content (AvgIpc) is 2.10. The molecule has 1 aliphatic heterocycles. The molecule has 0 amide bonds. The topological polar surface area (TPSA) is 40.7 Å². The summed E-state index contributed by atoms with van der Waals surface area (Å²) in [5.41, 5.74) is 2.30. The highest BCUT2D eigenvalue weighted by atomic mass is 15.1. The van der Waals surface area contributed by atoms with E-state index in [0.29, 0.717) is 6.04 Å². The lowest BCUT2D eigenvalue weighted by Gasteiger charge is -2.25. The number of aromatic nitrogens is 2. The zero-order chi connectivity index (χ0) is 6.97. The highest BCUT2D eigenvalue weighted by molar-refractivity contribution is 5.13. The summed E-state index contributed by atoms with van der Waals surface area (Å²) in [4.78, 5) is 0. The summed E-state index contributed by atoms with van der Waals surface area (Å²) in [7, 11) is 0. The Kier molecular flexibility index (Phi) is 1.24. The van der Waals surface area contributed by atoms with E-state index in [2.05, 4.69) is 21.6 Å². The zero-order valence-electron chi connectivity index (χ0n) is 6.02. The third-order valence-electron chi connectivity index (χ3n) is 1.91. The Bertz CT molecular complexity index is 225. The van der Waals surface area contributed by atoms with Crippen molar-refractivity contribution >= 4 is 0 Å². The Hall–Kier alpha value is -0.830. The first-order valence-corrected chi connectivity index (χ1v) is 3.61. The van der Waals surface area contributed by atoms with Crippen LogP contribution in [0, 0.1) is 6.92 Å². The summed E-state index contributed by atoms with van der Waals surface area (Å²) in [5.74, 6) is 0. The van der Waals surface area contributed by atoms with Crippen molar-refractivity contribution in [3.8, 4) is 0 Å². The fraction of sp³-hybridized carbons (Fsp3) is 0.571. The Morgan fingerprint density at radius 1 is 1.70 bits per heavy atom. The number of H-pyrrole nitrogens is 1. The molecule has 2 heterocycles. The van der Waals surface area contributed by atoms with Gasteiger partial charge in [0.1, 0.15) is 0 Å². The van der Waals surface area contributed by atoms with E-state index >= 15 is 0 Å². The van der Waals surface area contributed by atoms with Crippen molar-refractivity contribution in [3.05, 3.63) is 17.5 Å². The van der Waals surface area contributed by atoms with Crippen LogP contribution in [0.25, 0.3) is 0 Å². The van der Waals surface area contributed by atoms with Gasteiger partial charge >= 0.3 is 0 Å². The Labute approximate surface area is 59.8 Å². The highest BCUT2D eigenvalue weighted by Gasteiger charge is 2.20. The van der Waals surface area contributed by atoms with Crippen molar-refractivity contribution in [2.24, 2.45) is 0 Å². The van der Waals surface area contributed by atoms with Gasteiger partial charge in [-0.15, -0.1) is 0 Å². The van der Waals surface area contributed by atoms with E-state index in [1.54, 1.807) is 0 Å². The third kappa shape index (κ3) is 0.827.